The molecule has 3 aromatic rings. The van der Waals surface area contributed by atoms with Crippen LogP contribution in [0.2, 0.25) is 0 Å². The van der Waals surface area contributed by atoms with Gasteiger partial charge in [-0.1, -0.05) is 12.1 Å². The van der Waals surface area contributed by atoms with Gasteiger partial charge in [0.15, 0.2) is 0 Å². The lowest BCUT2D eigenvalue weighted by Gasteiger charge is -2.23. The normalized spacial score (nSPS) is 21.0. The molecule has 2 aliphatic rings. The Kier molecular flexibility index (Phi) is 4.37. The number of ether oxygens (including phenoxy) is 2. The Balaban J connectivity index is 1.30. The van der Waals surface area contributed by atoms with Crippen molar-refractivity contribution in [2.75, 3.05) is 31.2 Å². The third-order valence-electron chi connectivity index (χ3n) is 5.40. The number of fused-ring (bicyclic) bond motifs is 1. The molecule has 2 aromatic heterocycles. The van der Waals surface area contributed by atoms with Crippen LogP contribution in [0.3, 0.4) is 0 Å². The predicted molar refractivity (Wildman–Crippen MR) is 102 cm³/mol. The first kappa shape index (κ1) is 16.5. The summed E-state index contributed by atoms with van der Waals surface area (Å²) in [6, 6.07) is 8.11. The topological polar surface area (TPSA) is 76.2 Å². The number of para-hydroxylation sites is 2. The highest BCUT2D eigenvalue weighted by Crippen LogP contribution is 2.32. The van der Waals surface area contributed by atoms with Crippen LogP contribution in [0.4, 0.5) is 5.95 Å². The minimum Gasteiger partial charge on any atom is -0.471 e. The number of aromatic nitrogens is 4. The van der Waals surface area contributed by atoms with Crippen LogP contribution < -0.4 is 9.64 Å². The number of hydrogen-bond acceptors (Lipinski definition) is 6. The summed E-state index contributed by atoms with van der Waals surface area (Å²) in [5.74, 6) is 1.96. The SMILES string of the molecule is c1ccc2[nH]c(N3CC[C@H](Oc4nccnc4C4CCOCC4)C3)nc2c1. The van der Waals surface area contributed by atoms with Crippen molar-refractivity contribution < 1.29 is 9.47 Å². The van der Waals surface area contributed by atoms with Crippen molar-refractivity contribution in [1.29, 1.82) is 0 Å². The van der Waals surface area contributed by atoms with Gasteiger partial charge < -0.3 is 19.4 Å². The maximum absolute atomic E-state index is 6.29. The van der Waals surface area contributed by atoms with Crippen molar-refractivity contribution in [3.8, 4) is 5.88 Å². The van der Waals surface area contributed by atoms with E-state index in [1.807, 2.05) is 18.2 Å². The van der Waals surface area contributed by atoms with Crippen LogP contribution >= 0.6 is 0 Å². The number of nitrogens with zero attached hydrogens (tertiary/aromatic N) is 4. The minimum atomic E-state index is 0.0912. The van der Waals surface area contributed by atoms with E-state index in [4.69, 9.17) is 14.5 Å². The Morgan fingerprint density at radius 2 is 1.93 bits per heavy atom. The summed E-state index contributed by atoms with van der Waals surface area (Å²) >= 11 is 0. The molecule has 0 spiro atoms. The summed E-state index contributed by atoms with van der Waals surface area (Å²) in [5, 5.41) is 0. The lowest BCUT2D eigenvalue weighted by Crippen LogP contribution is -2.26. The monoisotopic (exact) mass is 365 g/mol. The lowest BCUT2D eigenvalue weighted by atomic mass is 9.96. The molecule has 1 aromatic carbocycles. The molecule has 2 saturated heterocycles. The van der Waals surface area contributed by atoms with Gasteiger partial charge in [0.05, 0.1) is 17.6 Å². The van der Waals surface area contributed by atoms with Gasteiger partial charge in [-0.3, -0.25) is 4.98 Å². The van der Waals surface area contributed by atoms with E-state index in [0.29, 0.717) is 11.8 Å². The summed E-state index contributed by atoms with van der Waals surface area (Å²) < 4.78 is 11.8. The molecule has 2 aliphatic heterocycles. The van der Waals surface area contributed by atoms with Crippen LogP contribution in [0.25, 0.3) is 11.0 Å². The van der Waals surface area contributed by atoms with Crippen molar-refractivity contribution in [3.63, 3.8) is 0 Å². The molecule has 1 atom stereocenters. The number of hydrogen-bond donors (Lipinski definition) is 1. The number of benzene rings is 1. The highest BCUT2D eigenvalue weighted by molar-refractivity contribution is 5.77. The molecular weight excluding hydrogens is 342 g/mol. The molecule has 27 heavy (non-hydrogen) atoms. The van der Waals surface area contributed by atoms with E-state index in [1.54, 1.807) is 12.4 Å². The van der Waals surface area contributed by atoms with Gasteiger partial charge in [-0.05, 0) is 25.0 Å². The van der Waals surface area contributed by atoms with E-state index in [9.17, 15) is 0 Å². The summed E-state index contributed by atoms with van der Waals surface area (Å²) in [4.78, 5) is 19.4. The number of rotatable bonds is 4. The van der Waals surface area contributed by atoms with E-state index in [-0.39, 0.29) is 6.10 Å². The quantitative estimate of drug-likeness (QED) is 0.766. The summed E-state index contributed by atoms with van der Waals surface area (Å²) in [6.07, 6.45) is 6.46. The summed E-state index contributed by atoms with van der Waals surface area (Å²) in [5.41, 5.74) is 3.03. The molecular formula is C20H23N5O2. The molecule has 0 unspecified atom stereocenters. The number of H-pyrrole nitrogens is 1. The van der Waals surface area contributed by atoms with Crippen LogP contribution in [-0.2, 0) is 4.74 Å². The third kappa shape index (κ3) is 3.35. The number of nitrogens with one attached hydrogen (secondary N) is 1. The highest BCUT2D eigenvalue weighted by Gasteiger charge is 2.29. The maximum Gasteiger partial charge on any atom is 0.236 e. The van der Waals surface area contributed by atoms with Crippen LogP contribution in [0.5, 0.6) is 5.88 Å². The molecule has 5 rings (SSSR count). The number of imidazole rings is 1. The van der Waals surface area contributed by atoms with E-state index < -0.39 is 0 Å². The van der Waals surface area contributed by atoms with Gasteiger partial charge in [0.2, 0.25) is 11.8 Å². The highest BCUT2D eigenvalue weighted by atomic mass is 16.5. The first-order chi connectivity index (χ1) is 13.4. The second-order valence-electron chi connectivity index (χ2n) is 7.19. The molecule has 140 valence electrons. The second-order valence-corrected chi connectivity index (χ2v) is 7.19. The summed E-state index contributed by atoms with van der Waals surface area (Å²) in [7, 11) is 0. The molecule has 0 amide bonds. The Bertz CT molecular complexity index is 888. The van der Waals surface area contributed by atoms with Gasteiger partial charge in [0.1, 0.15) is 11.8 Å². The molecule has 0 aliphatic carbocycles. The van der Waals surface area contributed by atoms with E-state index >= 15 is 0 Å². The Morgan fingerprint density at radius 3 is 2.81 bits per heavy atom. The Morgan fingerprint density at radius 1 is 1.07 bits per heavy atom. The standard InChI is InChI=1S/C20H23N5O2/c1-2-4-17-16(3-1)23-20(24-17)25-10-5-15(13-25)27-19-18(21-8-9-22-19)14-6-11-26-12-7-14/h1-4,8-9,14-15H,5-7,10-13H2,(H,23,24)/t15-/m0/s1. The lowest BCUT2D eigenvalue weighted by molar-refractivity contribution is 0.0829. The Hall–Kier alpha value is -2.67. The average Bonchev–Trinajstić information content (AvgIpc) is 3.36. The average molecular weight is 365 g/mol. The van der Waals surface area contributed by atoms with Gasteiger partial charge >= 0.3 is 0 Å². The fraction of sp³-hybridized carbons (Fsp3) is 0.450. The molecule has 4 heterocycles. The molecule has 0 saturated carbocycles. The smallest absolute Gasteiger partial charge is 0.236 e. The zero-order chi connectivity index (χ0) is 18.1. The zero-order valence-corrected chi connectivity index (χ0v) is 15.2. The second kappa shape index (κ2) is 7.15. The molecule has 7 heteroatoms. The third-order valence-corrected chi connectivity index (χ3v) is 5.40. The molecule has 0 bridgehead atoms. The van der Waals surface area contributed by atoms with Crippen LogP contribution in [0.15, 0.2) is 36.7 Å². The fourth-order valence-corrected chi connectivity index (χ4v) is 3.94. The van der Waals surface area contributed by atoms with Crippen LogP contribution in [0, 0.1) is 0 Å². The van der Waals surface area contributed by atoms with Crippen molar-refractivity contribution in [2.45, 2.75) is 31.3 Å². The van der Waals surface area contributed by atoms with E-state index in [2.05, 4.69) is 25.9 Å². The minimum absolute atomic E-state index is 0.0912. The van der Waals surface area contributed by atoms with Crippen LogP contribution in [0.1, 0.15) is 30.9 Å². The van der Waals surface area contributed by atoms with Crippen molar-refractivity contribution >= 4 is 17.0 Å². The summed E-state index contributed by atoms with van der Waals surface area (Å²) in [6.45, 7) is 3.27. The molecule has 1 N–H and O–H groups in total. The predicted octanol–water partition coefficient (Wildman–Crippen LogP) is 2.90. The molecule has 7 nitrogen and oxygen atoms in total. The van der Waals surface area contributed by atoms with Gasteiger partial charge in [-0.25, -0.2) is 9.97 Å². The van der Waals surface area contributed by atoms with Crippen molar-refractivity contribution in [1.82, 2.24) is 19.9 Å². The van der Waals surface area contributed by atoms with Gasteiger partial charge in [-0.2, -0.15) is 0 Å². The number of anilines is 1. The van der Waals surface area contributed by atoms with Crippen molar-refractivity contribution in [3.05, 3.63) is 42.4 Å². The zero-order valence-electron chi connectivity index (χ0n) is 15.2. The fourth-order valence-electron chi connectivity index (χ4n) is 3.94. The largest absolute Gasteiger partial charge is 0.471 e. The van der Waals surface area contributed by atoms with Crippen molar-refractivity contribution in [2.24, 2.45) is 0 Å². The number of aromatic amines is 1. The first-order valence-corrected chi connectivity index (χ1v) is 9.62. The first-order valence-electron chi connectivity index (χ1n) is 9.62. The van der Waals surface area contributed by atoms with E-state index in [0.717, 1.165) is 68.2 Å². The molecule has 2 fully saturated rings. The van der Waals surface area contributed by atoms with E-state index in [1.165, 1.54) is 0 Å². The Labute approximate surface area is 157 Å². The molecule has 0 radical (unpaired) electrons. The maximum atomic E-state index is 6.29. The van der Waals surface area contributed by atoms with Gasteiger partial charge in [0.25, 0.3) is 0 Å². The van der Waals surface area contributed by atoms with Gasteiger partial charge in [0, 0.05) is 44.5 Å². The van der Waals surface area contributed by atoms with Gasteiger partial charge in [-0.15, -0.1) is 0 Å². The van der Waals surface area contributed by atoms with Crippen LogP contribution in [-0.4, -0.2) is 52.3 Å².